The van der Waals surface area contributed by atoms with E-state index in [2.05, 4.69) is 13.8 Å². The maximum absolute atomic E-state index is 2.32. The first-order valence-electron chi connectivity index (χ1n) is 6.38. The highest BCUT2D eigenvalue weighted by atomic mass is 14.4. The fraction of sp³-hybridized carbons (Fsp3) is 1.00. The molecule has 1 aliphatic rings. The first-order chi connectivity index (χ1) is 6.38. The molecule has 2 atom stereocenters. The number of hydrogen-bond acceptors (Lipinski definition) is 0. The average molecular weight is 182 g/mol. The number of rotatable bonds is 8. The number of unbranched alkanes of at least 4 members (excludes halogenated alkanes) is 4. The quantitative estimate of drug-likeness (QED) is 0.474. The molecule has 0 nitrogen and oxygen atoms in total. The molecule has 0 amide bonds. The SMILES string of the molecule is CCCCCCCC1CC1CCC. The summed E-state index contributed by atoms with van der Waals surface area (Å²) in [7, 11) is 0. The van der Waals surface area contributed by atoms with Gasteiger partial charge in [0.1, 0.15) is 0 Å². The molecule has 0 aliphatic heterocycles. The Balaban J connectivity index is 1.80. The Kier molecular flexibility index (Phi) is 5.50. The van der Waals surface area contributed by atoms with Crippen molar-refractivity contribution in [2.75, 3.05) is 0 Å². The Hall–Kier alpha value is 0. The van der Waals surface area contributed by atoms with E-state index in [0.717, 1.165) is 11.8 Å². The van der Waals surface area contributed by atoms with Crippen molar-refractivity contribution in [2.45, 2.75) is 71.6 Å². The molecule has 0 heteroatoms. The first-order valence-corrected chi connectivity index (χ1v) is 6.38. The summed E-state index contributed by atoms with van der Waals surface area (Å²) in [4.78, 5) is 0. The van der Waals surface area contributed by atoms with Crippen molar-refractivity contribution in [3.05, 3.63) is 0 Å². The second-order valence-corrected chi connectivity index (χ2v) is 4.75. The zero-order valence-electron chi connectivity index (χ0n) is 9.52. The molecule has 0 heterocycles. The van der Waals surface area contributed by atoms with Crippen molar-refractivity contribution in [1.29, 1.82) is 0 Å². The van der Waals surface area contributed by atoms with Gasteiger partial charge in [-0.2, -0.15) is 0 Å². The topological polar surface area (TPSA) is 0 Å². The Bertz CT molecular complexity index is 117. The highest BCUT2D eigenvalue weighted by Crippen LogP contribution is 2.45. The minimum absolute atomic E-state index is 1.14. The highest BCUT2D eigenvalue weighted by molar-refractivity contribution is 4.85. The Morgan fingerprint density at radius 1 is 0.769 bits per heavy atom. The zero-order valence-corrected chi connectivity index (χ0v) is 9.52. The van der Waals surface area contributed by atoms with Gasteiger partial charge in [-0.1, -0.05) is 65.2 Å². The highest BCUT2D eigenvalue weighted by Gasteiger charge is 2.34. The van der Waals surface area contributed by atoms with Gasteiger partial charge in [0.2, 0.25) is 0 Å². The van der Waals surface area contributed by atoms with Crippen LogP contribution in [-0.2, 0) is 0 Å². The zero-order chi connectivity index (χ0) is 9.52. The van der Waals surface area contributed by atoms with Crippen LogP contribution in [0.4, 0.5) is 0 Å². The lowest BCUT2D eigenvalue weighted by atomic mass is 10.1. The predicted molar refractivity (Wildman–Crippen MR) is 59.9 cm³/mol. The van der Waals surface area contributed by atoms with Crippen LogP contribution in [0.1, 0.15) is 71.6 Å². The Morgan fingerprint density at radius 3 is 2.15 bits per heavy atom. The molecule has 0 N–H and O–H groups in total. The summed E-state index contributed by atoms with van der Waals surface area (Å²) in [6, 6.07) is 0. The van der Waals surface area contributed by atoms with Crippen LogP contribution in [0.15, 0.2) is 0 Å². The minimum Gasteiger partial charge on any atom is -0.0654 e. The van der Waals surface area contributed by atoms with Gasteiger partial charge in [-0.05, 0) is 18.3 Å². The van der Waals surface area contributed by atoms with E-state index in [4.69, 9.17) is 0 Å². The van der Waals surface area contributed by atoms with Crippen LogP contribution in [0.5, 0.6) is 0 Å². The van der Waals surface area contributed by atoms with Crippen molar-refractivity contribution < 1.29 is 0 Å². The van der Waals surface area contributed by atoms with E-state index >= 15 is 0 Å². The molecule has 0 spiro atoms. The molecule has 1 aliphatic carbocycles. The van der Waals surface area contributed by atoms with Crippen molar-refractivity contribution >= 4 is 0 Å². The summed E-state index contributed by atoms with van der Waals surface area (Å²) in [6.07, 6.45) is 13.3. The van der Waals surface area contributed by atoms with Gasteiger partial charge >= 0.3 is 0 Å². The molecular formula is C13H26. The predicted octanol–water partition coefficient (Wildman–Crippen LogP) is 4.78. The van der Waals surface area contributed by atoms with Gasteiger partial charge < -0.3 is 0 Å². The van der Waals surface area contributed by atoms with Gasteiger partial charge in [0, 0.05) is 0 Å². The second kappa shape index (κ2) is 6.45. The third-order valence-corrected chi connectivity index (χ3v) is 3.41. The molecule has 0 aromatic heterocycles. The molecule has 78 valence electrons. The lowest BCUT2D eigenvalue weighted by Gasteiger charge is -1.99. The van der Waals surface area contributed by atoms with Gasteiger partial charge in [0.05, 0.1) is 0 Å². The van der Waals surface area contributed by atoms with Crippen LogP contribution in [-0.4, -0.2) is 0 Å². The van der Waals surface area contributed by atoms with Crippen LogP contribution in [0.3, 0.4) is 0 Å². The molecule has 0 bridgehead atoms. The van der Waals surface area contributed by atoms with E-state index in [-0.39, 0.29) is 0 Å². The van der Waals surface area contributed by atoms with Gasteiger partial charge in [-0.3, -0.25) is 0 Å². The number of hydrogen-bond donors (Lipinski definition) is 0. The Labute approximate surface area is 84.1 Å². The maximum atomic E-state index is 2.32. The van der Waals surface area contributed by atoms with E-state index in [1.807, 2.05) is 0 Å². The first kappa shape index (κ1) is 11.1. The fourth-order valence-corrected chi connectivity index (χ4v) is 2.40. The summed E-state index contributed by atoms with van der Waals surface area (Å²) >= 11 is 0. The van der Waals surface area contributed by atoms with E-state index in [9.17, 15) is 0 Å². The normalized spacial score (nSPS) is 26.3. The summed E-state index contributed by atoms with van der Waals surface area (Å²) in [5.74, 6) is 2.28. The molecule has 2 unspecified atom stereocenters. The largest absolute Gasteiger partial charge is 0.0654 e. The van der Waals surface area contributed by atoms with Gasteiger partial charge in [0.25, 0.3) is 0 Å². The summed E-state index contributed by atoms with van der Waals surface area (Å²) in [6.45, 7) is 4.61. The summed E-state index contributed by atoms with van der Waals surface area (Å²) < 4.78 is 0. The van der Waals surface area contributed by atoms with Crippen LogP contribution in [0.25, 0.3) is 0 Å². The maximum Gasteiger partial charge on any atom is -0.0383 e. The van der Waals surface area contributed by atoms with Gasteiger partial charge in [-0.25, -0.2) is 0 Å². The molecule has 0 aromatic carbocycles. The summed E-state index contributed by atoms with van der Waals surface area (Å²) in [5.41, 5.74) is 0. The fourth-order valence-electron chi connectivity index (χ4n) is 2.40. The van der Waals surface area contributed by atoms with Crippen LogP contribution >= 0.6 is 0 Å². The lowest BCUT2D eigenvalue weighted by Crippen LogP contribution is -1.84. The van der Waals surface area contributed by atoms with E-state index in [0.29, 0.717) is 0 Å². The van der Waals surface area contributed by atoms with Crippen molar-refractivity contribution in [2.24, 2.45) is 11.8 Å². The van der Waals surface area contributed by atoms with Crippen molar-refractivity contribution in [1.82, 2.24) is 0 Å². The van der Waals surface area contributed by atoms with Gasteiger partial charge in [-0.15, -0.1) is 0 Å². The van der Waals surface area contributed by atoms with Crippen molar-refractivity contribution in [3.8, 4) is 0 Å². The standard InChI is InChI=1S/C13H26/c1-3-5-6-7-8-10-13-11-12(13)9-4-2/h12-13H,3-11H2,1-2H3. The molecule has 0 saturated heterocycles. The molecule has 0 aromatic rings. The summed E-state index contributed by atoms with van der Waals surface area (Å²) in [5, 5.41) is 0. The van der Waals surface area contributed by atoms with Crippen LogP contribution in [0.2, 0.25) is 0 Å². The molecule has 1 saturated carbocycles. The average Bonchev–Trinajstić information content (AvgIpc) is 2.84. The van der Waals surface area contributed by atoms with Crippen LogP contribution < -0.4 is 0 Å². The molecule has 1 fully saturated rings. The minimum atomic E-state index is 1.14. The van der Waals surface area contributed by atoms with E-state index in [1.165, 1.54) is 51.4 Å². The smallest absolute Gasteiger partial charge is 0.0383 e. The van der Waals surface area contributed by atoms with Crippen molar-refractivity contribution in [3.63, 3.8) is 0 Å². The molecular weight excluding hydrogens is 156 g/mol. The molecule has 1 rings (SSSR count). The van der Waals surface area contributed by atoms with Crippen LogP contribution in [0, 0.1) is 11.8 Å². The van der Waals surface area contributed by atoms with E-state index in [1.54, 1.807) is 6.42 Å². The van der Waals surface area contributed by atoms with Gasteiger partial charge in [0.15, 0.2) is 0 Å². The lowest BCUT2D eigenvalue weighted by molar-refractivity contribution is 0.542. The molecule has 13 heavy (non-hydrogen) atoms. The molecule has 0 radical (unpaired) electrons. The third kappa shape index (κ3) is 4.69. The third-order valence-electron chi connectivity index (χ3n) is 3.41. The monoisotopic (exact) mass is 182 g/mol. The second-order valence-electron chi connectivity index (χ2n) is 4.75. The Morgan fingerprint density at radius 2 is 1.46 bits per heavy atom. The van der Waals surface area contributed by atoms with E-state index < -0.39 is 0 Å².